The van der Waals surface area contributed by atoms with Gasteiger partial charge in [-0.05, 0) is 32.9 Å². The summed E-state index contributed by atoms with van der Waals surface area (Å²) in [5.41, 5.74) is -0.424. The Hall–Kier alpha value is -1.86. The van der Waals surface area contributed by atoms with E-state index in [1.807, 2.05) is 49.9 Å². The van der Waals surface area contributed by atoms with Crippen LogP contribution in [0.4, 0.5) is 10.5 Å². The first-order chi connectivity index (χ1) is 14.8. The van der Waals surface area contributed by atoms with Gasteiger partial charge < -0.3 is 24.8 Å². The predicted molar refractivity (Wildman–Crippen MR) is 129 cm³/mol. The van der Waals surface area contributed by atoms with Gasteiger partial charge in [0, 0.05) is 30.3 Å². The van der Waals surface area contributed by atoms with Crippen molar-refractivity contribution in [1.82, 2.24) is 5.32 Å². The van der Waals surface area contributed by atoms with E-state index in [9.17, 15) is 14.7 Å². The van der Waals surface area contributed by atoms with Crippen LogP contribution in [0.1, 0.15) is 48.0 Å². The molecule has 0 aliphatic rings. The summed E-state index contributed by atoms with van der Waals surface area (Å²) in [5.74, 6) is 0.332. The number of halogens is 2. The fourth-order valence-corrected chi connectivity index (χ4v) is 3.66. The van der Waals surface area contributed by atoms with Crippen LogP contribution in [0.15, 0.2) is 24.3 Å². The van der Waals surface area contributed by atoms with E-state index in [2.05, 4.69) is 5.32 Å². The third-order valence-electron chi connectivity index (χ3n) is 4.48. The van der Waals surface area contributed by atoms with Gasteiger partial charge in [-0.25, -0.2) is 4.79 Å². The molecule has 1 amide bonds. The summed E-state index contributed by atoms with van der Waals surface area (Å²) in [7, 11) is 0. The molecule has 0 saturated carbocycles. The summed E-state index contributed by atoms with van der Waals surface area (Å²) in [6.07, 6.45) is -1.68. The smallest absolute Gasteiger partial charge is 0.408 e. The molecule has 0 spiro atoms. The fourth-order valence-electron chi connectivity index (χ4n) is 3.25. The summed E-state index contributed by atoms with van der Waals surface area (Å²) < 4.78 is 11.8. The van der Waals surface area contributed by atoms with Gasteiger partial charge >= 0.3 is 12.1 Å². The lowest BCUT2D eigenvalue weighted by atomic mass is 9.83. The lowest BCUT2D eigenvalue weighted by Gasteiger charge is -2.38. The average Bonchev–Trinajstić information content (AvgIpc) is 2.63. The maximum Gasteiger partial charge on any atom is 0.408 e. The van der Waals surface area contributed by atoms with E-state index in [1.165, 1.54) is 0 Å². The third-order valence-corrected chi connectivity index (χ3v) is 4.82. The fraction of sp³-hybridized carbons (Fsp3) is 0.652. The molecular formula is C23H36Cl2N2O5. The van der Waals surface area contributed by atoms with E-state index in [0.717, 1.165) is 5.69 Å². The minimum absolute atomic E-state index is 0.323. The predicted octanol–water partition coefficient (Wildman–Crippen LogP) is 5.13. The summed E-state index contributed by atoms with van der Waals surface area (Å²) in [6, 6.07) is 6.62. The quantitative estimate of drug-likeness (QED) is 0.417. The summed E-state index contributed by atoms with van der Waals surface area (Å²) in [6.45, 7) is 12.2. The molecule has 1 aromatic rings. The number of nitrogens with zero attached hydrogens (tertiary/aromatic N) is 1. The first kappa shape index (κ1) is 28.2. The Balaban J connectivity index is 3.31. The van der Waals surface area contributed by atoms with Crippen molar-refractivity contribution in [2.45, 2.75) is 65.7 Å². The summed E-state index contributed by atoms with van der Waals surface area (Å²) in [5, 5.41) is 12.2. The van der Waals surface area contributed by atoms with Crippen LogP contribution < -0.4 is 15.0 Å². The molecule has 0 aromatic heterocycles. The number of anilines is 1. The third kappa shape index (κ3) is 9.74. The molecule has 0 aliphatic heterocycles. The Kier molecular flexibility index (Phi) is 10.9. The number of carboxylic acids is 1. The van der Waals surface area contributed by atoms with Crippen molar-refractivity contribution in [1.29, 1.82) is 0 Å². The van der Waals surface area contributed by atoms with Gasteiger partial charge in [0.2, 0.25) is 0 Å². The van der Waals surface area contributed by atoms with E-state index in [0.29, 0.717) is 30.6 Å². The molecule has 0 bridgehead atoms. The highest BCUT2D eigenvalue weighted by Crippen LogP contribution is 2.34. The number of para-hydroxylation sites is 2. The maximum atomic E-state index is 12.5. The number of benzene rings is 1. The zero-order valence-electron chi connectivity index (χ0n) is 19.8. The van der Waals surface area contributed by atoms with Gasteiger partial charge in [-0.3, -0.25) is 4.79 Å². The van der Waals surface area contributed by atoms with Crippen LogP contribution in [0.25, 0.3) is 0 Å². The number of nitrogens with one attached hydrogen (secondary N) is 1. The Morgan fingerprint density at radius 2 is 1.62 bits per heavy atom. The van der Waals surface area contributed by atoms with Crippen LogP contribution in [-0.4, -0.2) is 59.8 Å². The van der Waals surface area contributed by atoms with Crippen molar-refractivity contribution in [3.05, 3.63) is 24.3 Å². The normalized spacial score (nSPS) is 13.8. The van der Waals surface area contributed by atoms with Crippen molar-refractivity contribution in [2.75, 3.05) is 29.7 Å². The maximum absolute atomic E-state index is 12.5. The Morgan fingerprint density at radius 3 is 2.09 bits per heavy atom. The number of carbonyl (C=O) groups excluding carboxylic acids is 1. The number of ether oxygens (including phenoxy) is 2. The highest BCUT2D eigenvalue weighted by Gasteiger charge is 2.38. The average molecular weight is 491 g/mol. The lowest BCUT2D eigenvalue weighted by molar-refractivity contribution is -0.138. The molecule has 2 N–H and O–H groups in total. The topological polar surface area (TPSA) is 88.1 Å². The van der Waals surface area contributed by atoms with Gasteiger partial charge in [-0.15, -0.1) is 23.2 Å². The van der Waals surface area contributed by atoms with E-state index in [4.69, 9.17) is 32.7 Å². The molecule has 9 heteroatoms. The standard InChI is InChI=1S/C23H36Cl2N2O5/c1-22(2,3)20(16(15-19(28)29)26-21(30)32-23(4,5)6)31-18-10-8-7-9-17(18)27(13-11-24)14-12-25/h7-10,16,20H,11-15H2,1-6H3,(H,26,30)(H,28,29)/t16-,20?/m0/s1. The number of hydrogen-bond acceptors (Lipinski definition) is 5. The summed E-state index contributed by atoms with van der Waals surface area (Å²) >= 11 is 12.0. The molecule has 1 unspecified atom stereocenters. The molecule has 1 aromatic carbocycles. The second kappa shape index (κ2) is 12.4. The molecule has 0 heterocycles. The molecule has 0 radical (unpaired) electrons. The zero-order chi connectivity index (χ0) is 24.5. The number of carbonyl (C=O) groups is 2. The Labute approximate surface area is 201 Å². The van der Waals surface area contributed by atoms with Crippen molar-refractivity contribution in [3.8, 4) is 5.75 Å². The molecule has 7 nitrogen and oxygen atoms in total. The van der Waals surface area contributed by atoms with Crippen LogP contribution in [0.3, 0.4) is 0 Å². The molecule has 32 heavy (non-hydrogen) atoms. The van der Waals surface area contributed by atoms with Crippen molar-refractivity contribution < 1.29 is 24.2 Å². The number of rotatable bonds is 11. The van der Waals surface area contributed by atoms with Gasteiger partial charge in [0.15, 0.2) is 0 Å². The van der Waals surface area contributed by atoms with E-state index in [1.54, 1.807) is 20.8 Å². The minimum atomic E-state index is -1.05. The molecule has 0 fully saturated rings. The van der Waals surface area contributed by atoms with Crippen molar-refractivity contribution in [2.24, 2.45) is 5.41 Å². The highest BCUT2D eigenvalue weighted by atomic mass is 35.5. The van der Waals surface area contributed by atoms with Crippen LogP contribution in [0.5, 0.6) is 5.75 Å². The number of hydrogen-bond donors (Lipinski definition) is 2. The van der Waals surface area contributed by atoms with Crippen molar-refractivity contribution >= 4 is 41.0 Å². The molecule has 1 rings (SSSR count). The van der Waals surface area contributed by atoms with Crippen LogP contribution >= 0.6 is 23.2 Å². The molecule has 0 aliphatic carbocycles. The van der Waals surface area contributed by atoms with E-state index < -0.39 is 35.2 Å². The van der Waals surface area contributed by atoms with Gasteiger partial charge in [0.05, 0.1) is 18.2 Å². The number of amides is 1. The highest BCUT2D eigenvalue weighted by molar-refractivity contribution is 6.18. The lowest BCUT2D eigenvalue weighted by Crippen LogP contribution is -2.53. The molecule has 182 valence electrons. The first-order valence-corrected chi connectivity index (χ1v) is 11.7. The zero-order valence-corrected chi connectivity index (χ0v) is 21.3. The van der Waals surface area contributed by atoms with Crippen LogP contribution in [0.2, 0.25) is 0 Å². The SMILES string of the molecule is CC(C)(C)OC(=O)N[C@@H](CC(=O)O)C(Oc1ccccc1N(CCCl)CCCl)C(C)(C)C. The molecule has 2 atom stereocenters. The number of aliphatic carboxylic acids is 1. The van der Waals surface area contributed by atoms with Gasteiger partial charge in [-0.1, -0.05) is 32.9 Å². The van der Waals surface area contributed by atoms with Crippen LogP contribution in [-0.2, 0) is 9.53 Å². The van der Waals surface area contributed by atoms with Crippen molar-refractivity contribution in [3.63, 3.8) is 0 Å². The number of alkyl carbamates (subject to hydrolysis) is 1. The number of alkyl halides is 2. The molecular weight excluding hydrogens is 455 g/mol. The number of carboxylic acid groups (broad SMARTS) is 1. The second-order valence-corrected chi connectivity index (χ2v) is 10.3. The monoisotopic (exact) mass is 490 g/mol. The second-order valence-electron chi connectivity index (χ2n) is 9.59. The summed E-state index contributed by atoms with van der Waals surface area (Å²) in [4.78, 5) is 26.1. The van der Waals surface area contributed by atoms with E-state index in [-0.39, 0.29) is 6.42 Å². The Morgan fingerprint density at radius 1 is 1.06 bits per heavy atom. The molecule has 0 saturated heterocycles. The van der Waals surface area contributed by atoms with Gasteiger partial charge in [0.25, 0.3) is 0 Å². The van der Waals surface area contributed by atoms with Crippen LogP contribution in [0, 0.1) is 5.41 Å². The van der Waals surface area contributed by atoms with Gasteiger partial charge in [-0.2, -0.15) is 0 Å². The Bertz CT molecular complexity index is 741. The minimum Gasteiger partial charge on any atom is -0.486 e. The van der Waals surface area contributed by atoms with Gasteiger partial charge in [0.1, 0.15) is 17.5 Å². The largest absolute Gasteiger partial charge is 0.486 e. The first-order valence-electron chi connectivity index (χ1n) is 10.6. The van der Waals surface area contributed by atoms with E-state index >= 15 is 0 Å².